The van der Waals surface area contributed by atoms with Crippen molar-refractivity contribution in [2.24, 2.45) is 0 Å². The minimum absolute atomic E-state index is 0.110. The number of nitrogens with zero attached hydrogens (tertiary/aromatic N) is 1. The molecule has 2 amide bonds. The fraction of sp³-hybridized carbons (Fsp3) is 0.333. The lowest BCUT2D eigenvalue weighted by atomic mass is 10.2. The van der Waals surface area contributed by atoms with E-state index in [1.807, 2.05) is 30.3 Å². The summed E-state index contributed by atoms with van der Waals surface area (Å²) in [6.45, 7) is 3.45. The Kier molecular flexibility index (Phi) is 5.93. The quantitative estimate of drug-likeness (QED) is 0.781. The van der Waals surface area contributed by atoms with Gasteiger partial charge in [-0.2, -0.15) is 0 Å². The Bertz CT molecular complexity index is 1030. The lowest BCUT2D eigenvalue weighted by Crippen LogP contribution is -2.32. The van der Waals surface area contributed by atoms with E-state index in [1.165, 1.54) is 17.9 Å². The Balaban J connectivity index is 1.75. The summed E-state index contributed by atoms with van der Waals surface area (Å²) in [5.74, 6) is -0.217. The molecule has 1 N–H and O–H groups in total. The molecule has 1 aliphatic heterocycles. The predicted molar refractivity (Wildman–Crippen MR) is 109 cm³/mol. The first kappa shape index (κ1) is 20.9. The Morgan fingerprint density at radius 3 is 2.62 bits per heavy atom. The van der Waals surface area contributed by atoms with Crippen molar-refractivity contribution in [3.63, 3.8) is 0 Å². The van der Waals surface area contributed by atoms with Gasteiger partial charge in [-0.25, -0.2) is 8.42 Å². The van der Waals surface area contributed by atoms with E-state index in [9.17, 15) is 18.0 Å². The lowest BCUT2D eigenvalue weighted by molar-refractivity contribution is -0.130. The van der Waals surface area contributed by atoms with Crippen LogP contribution in [0, 0.1) is 6.92 Å². The number of amides is 2. The van der Waals surface area contributed by atoms with Gasteiger partial charge < -0.3 is 15.0 Å². The number of carbonyl (C=O) groups is 2. The molecule has 0 spiro atoms. The molecule has 0 saturated carbocycles. The number of fused-ring (bicyclic) bond motifs is 1. The molecule has 3 rings (SSSR count). The van der Waals surface area contributed by atoms with Gasteiger partial charge in [0.05, 0.1) is 15.8 Å². The second-order valence-corrected chi connectivity index (χ2v) is 9.58. The molecule has 29 heavy (non-hydrogen) atoms. The Morgan fingerprint density at radius 1 is 1.24 bits per heavy atom. The largest absolute Gasteiger partial charge is 0.482 e. The summed E-state index contributed by atoms with van der Waals surface area (Å²) in [5.41, 5.74) is 1.92. The normalized spacial score (nSPS) is 14.4. The first-order valence-corrected chi connectivity index (χ1v) is 10.8. The van der Waals surface area contributed by atoms with E-state index in [2.05, 4.69) is 5.32 Å². The summed E-state index contributed by atoms with van der Waals surface area (Å²) in [4.78, 5) is 25.7. The smallest absolute Gasteiger partial charge is 0.262 e. The van der Waals surface area contributed by atoms with Crippen molar-refractivity contribution in [3.05, 3.63) is 53.6 Å². The van der Waals surface area contributed by atoms with E-state index < -0.39 is 15.1 Å². The van der Waals surface area contributed by atoms with Crippen molar-refractivity contribution in [1.29, 1.82) is 0 Å². The minimum atomic E-state index is -3.76. The van der Waals surface area contributed by atoms with Gasteiger partial charge in [0, 0.05) is 26.1 Å². The van der Waals surface area contributed by atoms with Gasteiger partial charge in [-0.15, -0.1) is 0 Å². The van der Waals surface area contributed by atoms with Crippen LogP contribution < -0.4 is 10.1 Å². The molecule has 2 aromatic carbocycles. The van der Waals surface area contributed by atoms with Crippen LogP contribution in [0.1, 0.15) is 24.5 Å². The maximum atomic E-state index is 13.1. The van der Waals surface area contributed by atoms with E-state index in [0.717, 1.165) is 5.56 Å². The molecule has 0 bridgehead atoms. The summed E-state index contributed by atoms with van der Waals surface area (Å²) in [6.07, 6.45) is -0.125. The number of hydrogen-bond donors (Lipinski definition) is 1. The Morgan fingerprint density at radius 2 is 1.93 bits per heavy atom. The number of benzene rings is 2. The highest BCUT2D eigenvalue weighted by Crippen LogP contribution is 2.34. The van der Waals surface area contributed by atoms with Crippen LogP contribution in [0.25, 0.3) is 0 Å². The van der Waals surface area contributed by atoms with Crippen LogP contribution in [0.3, 0.4) is 0 Å². The van der Waals surface area contributed by atoms with Crippen LogP contribution in [0.2, 0.25) is 0 Å². The molecule has 0 aliphatic carbocycles. The molecular weight excluding hydrogens is 392 g/mol. The highest BCUT2D eigenvalue weighted by molar-refractivity contribution is 7.92. The van der Waals surface area contributed by atoms with Gasteiger partial charge in [0.1, 0.15) is 5.75 Å². The highest BCUT2D eigenvalue weighted by Gasteiger charge is 2.30. The molecule has 0 unspecified atom stereocenters. The number of sulfone groups is 1. The van der Waals surface area contributed by atoms with E-state index in [0.29, 0.717) is 23.5 Å². The minimum Gasteiger partial charge on any atom is -0.482 e. The van der Waals surface area contributed by atoms with E-state index >= 15 is 0 Å². The second-order valence-electron chi connectivity index (χ2n) is 7.25. The first-order valence-electron chi connectivity index (χ1n) is 9.27. The molecule has 1 heterocycles. The van der Waals surface area contributed by atoms with E-state index in [1.54, 1.807) is 20.0 Å². The third kappa shape index (κ3) is 4.59. The molecule has 1 aliphatic rings. The van der Waals surface area contributed by atoms with Gasteiger partial charge in [-0.05, 0) is 31.0 Å². The molecule has 0 radical (unpaired) electrons. The van der Waals surface area contributed by atoms with Crippen LogP contribution in [-0.2, 0) is 26.0 Å². The molecule has 8 heteroatoms. The number of rotatable bonds is 6. The van der Waals surface area contributed by atoms with Gasteiger partial charge in [-0.3, -0.25) is 9.59 Å². The van der Waals surface area contributed by atoms with Crippen LogP contribution in [0.4, 0.5) is 5.69 Å². The maximum Gasteiger partial charge on any atom is 0.262 e. The zero-order chi connectivity index (χ0) is 21.2. The van der Waals surface area contributed by atoms with Gasteiger partial charge >= 0.3 is 0 Å². The SMILES string of the molecule is Cc1cc2c(cc1S(=O)(=O)[C@@H](C)CC(=O)N(C)Cc1ccccc1)OCC(=O)N2. The van der Waals surface area contributed by atoms with Gasteiger partial charge in [0.25, 0.3) is 5.91 Å². The molecule has 0 fully saturated rings. The first-order chi connectivity index (χ1) is 13.7. The highest BCUT2D eigenvalue weighted by atomic mass is 32.2. The van der Waals surface area contributed by atoms with Crippen molar-refractivity contribution >= 4 is 27.3 Å². The molecule has 154 valence electrons. The second kappa shape index (κ2) is 8.24. The average molecular weight is 416 g/mol. The summed E-state index contributed by atoms with van der Waals surface area (Å²) in [5, 5.41) is 1.76. The fourth-order valence-electron chi connectivity index (χ4n) is 3.20. The number of hydrogen-bond acceptors (Lipinski definition) is 5. The van der Waals surface area contributed by atoms with Gasteiger partial charge in [-0.1, -0.05) is 30.3 Å². The number of ether oxygens (including phenoxy) is 1. The standard InChI is InChI=1S/C21H24N2O5S/c1-14-9-17-18(28-13-20(24)22-17)11-19(14)29(26,27)15(2)10-21(25)23(3)12-16-7-5-4-6-8-16/h4-9,11,15H,10,12-13H2,1-3H3,(H,22,24)/t15-/m0/s1. The molecule has 0 aromatic heterocycles. The fourth-order valence-corrected chi connectivity index (χ4v) is 4.77. The Hall–Kier alpha value is -2.87. The lowest BCUT2D eigenvalue weighted by Gasteiger charge is -2.22. The third-order valence-electron chi connectivity index (χ3n) is 4.90. The average Bonchev–Trinajstić information content (AvgIpc) is 2.67. The monoisotopic (exact) mass is 416 g/mol. The van der Waals surface area contributed by atoms with Crippen LogP contribution in [0.5, 0.6) is 5.75 Å². The molecular formula is C21H24N2O5S. The Labute approximate surface area is 170 Å². The van der Waals surface area contributed by atoms with Crippen LogP contribution in [0.15, 0.2) is 47.4 Å². The van der Waals surface area contributed by atoms with Crippen LogP contribution in [-0.4, -0.2) is 44.0 Å². The van der Waals surface area contributed by atoms with Crippen molar-refractivity contribution in [2.75, 3.05) is 19.0 Å². The molecule has 0 saturated heterocycles. The van der Waals surface area contributed by atoms with Crippen molar-refractivity contribution in [1.82, 2.24) is 4.90 Å². The van der Waals surface area contributed by atoms with Gasteiger partial charge in [0.2, 0.25) is 5.91 Å². The predicted octanol–water partition coefficient (Wildman–Crippen LogP) is 2.54. The van der Waals surface area contributed by atoms with Crippen LogP contribution >= 0.6 is 0 Å². The number of nitrogens with one attached hydrogen (secondary N) is 1. The zero-order valence-electron chi connectivity index (χ0n) is 16.6. The molecule has 2 aromatic rings. The molecule has 7 nitrogen and oxygen atoms in total. The summed E-state index contributed by atoms with van der Waals surface area (Å²) >= 11 is 0. The van der Waals surface area contributed by atoms with E-state index in [4.69, 9.17) is 4.74 Å². The van der Waals surface area contributed by atoms with Crippen molar-refractivity contribution in [3.8, 4) is 5.75 Å². The van der Waals surface area contributed by atoms with Crippen molar-refractivity contribution in [2.45, 2.75) is 37.0 Å². The summed E-state index contributed by atoms with van der Waals surface area (Å²) < 4.78 is 31.6. The van der Waals surface area contributed by atoms with Gasteiger partial charge in [0.15, 0.2) is 16.4 Å². The number of carbonyl (C=O) groups excluding carboxylic acids is 2. The zero-order valence-corrected chi connectivity index (χ0v) is 17.5. The van der Waals surface area contributed by atoms with Crippen molar-refractivity contribution < 1.29 is 22.7 Å². The summed E-state index contributed by atoms with van der Waals surface area (Å²) in [7, 11) is -2.10. The topological polar surface area (TPSA) is 92.8 Å². The third-order valence-corrected chi connectivity index (χ3v) is 7.18. The maximum absolute atomic E-state index is 13.1. The summed E-state index contributed by atoms with van der Waals surface area (Å²) in [6, 6.07) is 12.5. The number of aryl methyl sites for hydroxylation is 1. The van der Waals surface area contributed by atoms with E-state index in [-0.39, 0.29) is 29.7 Å². The molecule has 1 atom stereocenters. The number of anilines is 1.